The van der Waals surface area contributed by atoms with Crippen LogP contribution in [-0.4, -0.2) is 46.8 Å². The second-order valence-corrected chi connectivity index (χ2v) is 7.95. The molecule has 166 valence electrons. The lowest BCUT2D eigenvalue weighted by Crippen LogP contribution is -2.37. The van der Waals surface area contributed by atoms with Crippen molar-refractivity contribution >= 4 is 22.6 Å². The summed E-state index contributed by atoms with van der Waals surface area (Å²) in [7, 11) is 0. The molecule has 0 saturated carbocycles. The minimum Gasteiger partial charge on any atom is -0.450 e. The molecule has 2 aromatic carbocycles. The summed E-state index contributed by atoms with van der Waals surface area (Å²) in [6.45, 7) is 8.73. The van der Waals surface area contributed by atoms with Gasteiger partial charge in [0.15, 0.2) is 5.43 Å². The Kier molecular flexibility index (Phi) is 5.80. The van der Waals surface area contributed by atoms with E-state index in [0.717, 1.165) is 18.7 Å². The number of likely N-dealkylation sites (N-methyl/N-ethyl adjacent to an activating group) is 1. The Balaban J connectivity index is 1.87. The van der Waals surface area contributed by atoms with Crippen LogP contribution in [0.4, 0.5) is 5.69 Å². The van der Waals surface area contributed by atoms with Gasteiger partial charge in [-0.2, -0.15) is 0 Å². The summed E-state index contributed by atoms with van der Waals surface area (Å²) in [6, 6.07) is 10.7. The Morgan fingerprint density at radius 2 is 1.78 bits per heavy atom. The normalized spacial score (nSPS) is 15.6. The number of carbonyl (C=O) groups excluding carboxylic acids is 1. The van der Waals surface area contributed by atoms with E-state index in [0.29, 0.717) is 35.2 Å². The van der Waals surface area contributed by atoms with Crippen molar-refractivity contribution in [1.82, 2.24) is 9.80 Å². The lowest BCUT2D eigenvalue weighted by Gasteiger charge is -2.28. The molecule has 0 radical (unpaired) electrons. The molecule has 0 spiro atoms. The van der Waals surface area contributed by atoms with Gasteiger partial charge in [-0.25, -0.2) is 0 Å². The molecule has 1 amide bonds. The quantitative estimate of drug-likeness (QED) is 0.412. The fourth-order valence-corrected chi connectivity index (χ4v) is 4.28. The average molecular weight is 435 g/mol. The highest BCUT2D eigenvalue weighted by molar-refractivity contribution is 5.99. The van der Waals surface area contributed by atoms with Crippen molar-refractivity contribution in [2.75, 3.05) is 26.2 Å². The first-order valence-corrected chi connectivity index (χ1v) is 10.7. The first-order valence-electron chi connectivity index (χ1n) is 10.7. The molecule has 0 fully saturated rings. The van der Waals surface area contributed by atoms with Gasteiger partial charge in [-0.3, -0.25) is 19.7 Å². The second-order valence-electron chi connectivity index (χ2n) is 7.95. The highest BCUT2D eigenvalue weighted by Gasteiger charge is 2.42. The van der Waals surface area contributed by atoms with Crippen LogP contribution < -0.4 is 5.43 Å². The van der Waals surface area contributed by atoms with Gasteiger partial charge in [0.2, 0.25) is 5.76 Å². The maximum Gasteiger partial charge on any atom is 0.290 e. The number of non-ortho nitro benzene ring substituents is 1. The molecule has 0 aliphatic carbocycles. The maximum absolute atomic E-state index is 13.5. The Labute approximate surface area is 185 Å². The molecular formula is C24H25N3O5. The fourth-order valence-electron chi connectivity index (χ4n) is 4.28. The molecule has 1 unspecified atom stereocenters. The number of carbonyl (C=O) groups is 1. The molecule has 32 heavy (non-hydrogen) atoms. The summed E-state index contributed by atoms with van der Waals surface area (Å²) < 4.78 is 5.94. The van der Waals surface area contributed by atoms with Crippen LogP contribution in [-0.2, 0) is 0 Å². The summed E-state index contributed by atoms with van der Waals surface area (Å²) in [5.74, 6) is -0.288. The van der Waals surface area contributed by atoms with Gasteiger partial charge in [0.05, 0.1) is 21.9 Å². The number of fused-ring (bicyclic) bond motifs is 2. The van der Waals surface area contributed by atoms with Crippen LogP contribution >= 0.6 is 0 Å². The zero-order chi connectivity index (χ0) is 23.0. The Morgan fingerprint density at radius 3 is 2.41 bits per heavy atom. The summed E-state index contributed by atoms with van der Waals surface area (Å²) in [6.07, 6.45) is 0. The van der Waals surface area contributed by atoms with Gasteiger partial charge in [0.25, 0.3) is 11.6 Å². The van der Waals surface area contributed by atoms with E-state index in [-0.39, 0.29) is 22.8 Å². The number of hydrogen-bond acceptors (Lipinski definition) is 6. The van der Waals surface area contributed by atoms with Gasteiger partial charge in [-0.05, 0) is 49.8 Å². The Bertz CT molecular complexity index is 1240. The van der Waals surface area contributed by atoms with Crippen LogP contribution in [0.25, 0.3) is 11.0 Å². The fraction of sp³-hybridized carbons (Fsp3) is 0.333. The molecule has 1 aliphatic heterocycles. The van der Waals surface area contributed by atoms with Crippen LogP contribution in [0, 0.1) is 17.0 Å². The summed E-state index contributed by atoms with van der Waals surface area (Å²) >= 11 is 0. The summed E-state index contributed by atoms with van der Waals surface area (Å²) in [5, 5.41) is 11.5. The monoisotopic (exact) mass is 435 g/mol. The predicted molar refractivity (Wildman–Crippen MR) is 121 cm³/mol. The first kappa shape index (κ1) is 21.7. The first-order chi connectivity index (χ1) is 15.3. The summed E-state index contributed by atoms with van der Waals surface area (Å²) in [4.78, 5) is 41.3. The molecule has 2 heterocycles. The van der Waals surface area contributed by atoms with E-state index in [1.807, 2.05) is 13.0 Å². The third kappa shape index (κ3) is 3.67. The third-order valence-corrected chi connectivity index (χ3v) is 6.09. The summed E-state index contributed by atoms with van der Waals surface area (Å²) in [5.41, 5.74) is 1.93. The molecule has 3 aromatic rings. The predicted octanol–water partition coefficient (Wildman–Crippen LogP) is 3.90. The van der Waals surface area contributed by atoms with Crippen molar-refractivity contribution < 1.29 is 14.1 Å². The molecule has 0 bridgehead atoms. The number of aryl methyl sites for hydroxylation is 1. The van der Waals surface area contributed by atoms with Crippen LogP contribution in [0.5, 0.6) is 0 Å². The van der Waals surface area contributed by atoms with Crippen LogP contribution in [0.15, 0.2) is 51.7 Å². The molecular weight excluding hydrogens is 410 g/mol. The minimum atomic E-state index is -0.657. The molecule has 0 N–H and O–H groups in total. The standard InChI is InChI=1S/C24H25N3O5/c1-4-25(5-2)12-13-26-21(16-7-9-17(10-8-16)27(30)31)20-22(28)18-14-15(3)6-11-19(18)32-23(20)24(26)29/h6-11,14,21H,4-5,12-13H2,1-3H3. The van der Waals surface area contributed by atoms with Crippen molar-refractivity contribution in [3.8, 4) is 0 Å². The SMILES string of the molecule is CCN(CC)CCN1C(=O)c2oc3ccc(C)cc3c(=O)c2C1c1ccc([N+](=O)[O-])cc1. The lowest BCUT2D eigenvalue weighted by atomic mass is 9.98. The van der Waals surface area contributed by atoms with E-state index in [1.54, 1.807) is 29.2 Å². The van der Waals surface area contributed by atoms with E-state index in [9.17, 15) is 19.7 Å². The van der Waals surface area contributed by atoms with Crippen molar-refractivity contribution in [3.63, 3.8) is 0 Å². The molecule has 8 heteroatoms. The van der Waals surface area contributed by atoms with Gasteiger partial charge >= 0.3 is 0 Å². The molecule has 1 aliphatic rings. The second kappa shape index (κ2) is 8.55. The van der Waals surface area contributed by atoms with E-state index < -0.39 is 11.0 Å². The van der Waals surface area contributed by atoms with E-state index in [1.165, 1.54) is 12.1 Å². The topological polar surface area (TPSA) is 96.9 Å². The van der Waals surface area contributed by atoms with Crippen molar-refractivity contribution in [3.05, 3.63) is 85.3 Å². The number of rotatable bonds is 7. The Hall–Kier alpha value is -3.52. The van der Waals surface area contributed by atoms with E-state index in [4.69, 9.17) is 4.42 Å². The van der Waals surface area contributed by atoms with Gasteiger partial charge in [-0.15, -0.1) is 0 Å². The van der Waals surface area contributed by atoms with Gasteiger partial charge in [-0.1, -0.05) is 25.5 Å². The molecule has 8 nitrogen and oxygen atoms in total. The van der Waals surface area contributed by atoms with E-state index in [2.05, 4.69) is 18.7 Å². The molecule has 1 atom stereocenters. The smallest absolute Gasteiger partial charge is 0.290 e. The zero-order valence-corrected chi connectivity index (χ0v) is 18.3. The van der Waals surface area contributed by atoms with Crippen molar-refractivity contribution in [2.24, 2.45) is 0 Å². The lowest BCUT2D eigenvalue weighted by molar-refractivity contribution is -0.384. The van der Waals surface area contributed by atoms with Crippen LogP contribution in [0.3, 0.4) is 0 Å². The molecule has 1 aromatic heterocycles. The van der Waals surface area contributed by atoms with Gasteiger partial charge in [0, 0.05) is 25.2 Å². The average Bonchev–Trinajstić information content (AvgIpc) is 3.07. The Morgan fingerprint density at radius 1 is 1.09 bits per heavy atom. The number of benzene rings is 2. The maximum atomic E-state index is 13.5. The van der Waals surface area contributed by atoms with Crippen molar-refractivity contribution in [1.29, 1.82) is 0 Å². The third-order valence-electron chi connectivity index (χ3n) is 6.09. The number of amides is 1. The largest absolute Gasteiger partial charge is 0.450 e. The van der Waals surface area contributed by atoms with Gasteiger partial charge < -0.3 is 14.2 Å². The minimum absolute atomic E-state index is 0.0471. The highest BCUT2D eigenvalue weighted by atomic mass is 16.6. The van der Waals surface area contributed by atoms with Gasteiger partial charge in [0.1, 0.15) is 5.58 Å². The van der Waals surface area contributed by atoms with E-state index >= 15 is 0 Å². The highest BCUT2D eigenvalue weighted by Crippen LogP contribution is 2.38. The molecule has 0 saturated heterocycles. The van der Waals surface area contributed by atoms with Crippen molar-refractivity contribution in [2.45, 2.75) is 26.8 Å². The number of nitrogens with zero attached hydrogens (tertiary/aromatic N) is 3. The number of nitro groups is 1. The van der Waals surface area contributed by atoms with Crippen LogP contribution in [0.1, 0.15) is 47.1 Å². The zero-order valence-electron chi connectivity index (χ0n) is 18.3. The number of hydrogen-bond donors (Lipinski definition) is 0. The molecule has 4 rings (SSSR count). The number of nitro benzene ring substituents is 1. The van der Waals surface area contributed by atoms with Crippen LogP contribution in [0.2, 0.25) is 0 Å².